The lowest BCUT2D eigenvalue weighted by Crippen LogP contribution is -2.58. The fourth-order valence-electron chi connectivity index (χ4n) is 3.91. The fourth-order valence-corrected chi connectivity index (χ4v) is 5.49. The zero-order valence-electron chi connectivity index (χ0n) is 19.1. The highest BCUT2D eigenvalue weighted by atomic mass is 32.2. The third-order valence-corrected chi connectivity index (χ3v) is 7.84. The molecule has 0 aromatic heterocycles. The first-order valence-electron chi connectivity index (χ1n) is 11.3. The van der Waals surface area contributed by atoms with Gasteiger partial charge in [0.1, 0.15) is 24.2 Å². The van der Waals surface area contributed by atoms with Crippen LogP contribution in [0.3, 0.4) is 0 Å². The van der Waals surface area contributed by atoms with Crippen molar-refractivity contribution in [2.45, 2.75) is 55.8 Å². The normalized spacial score (nSPS) is 21.3. The van der Waals surface area contributed by atoms with E-state index in [1.165, 1.54) is 36.4 Å². The number of aliphatic carboxylic acids is 1. The molecule has 0 radical (unpaired) electrons. The van der Waals surface area contributed by atoms with Crippen molar-refractivity contribution in [3.63, 3.8) is 0 Å². The quantitative estimate of drug-likeness (QED) is 0.411. The molecule has 8 nitrogen and oxygen atoms in total. The summed E-state index contributed by atoms with van der Waals surface area (Å²) >= 11 is 0. The number of ether oxygens (including phenoxy) is 1. The number of nitrogens with one attached hydrogen (secondary N) is 1. The van der Waals surface area contributed by atoms with Crippen LogP contribution in [0, 0.1) is 5.82 Å². The minimum absolute atomic E-state index is 0.0561. The third kappa shape index (κ3) is 6.53. The molecule has 1 aliphatic rings. The Labute approximate surface area is 199 Å². The van der Waals surface area contributed by atoms with Crippen molar-refractivity contribution in [2.75, 3.05) is 19.6 Å². The van der Waals surface area contributed by atoms with Crippen LogP contribution in [0.5, 0.6) is 5.75 Å². The topological polar surface area (TPSA) is 116 Å². The Morgan fingerprint density at radius 2 is 1.88 bits per heavy atom. The fraction of sp³-hybridized carbons (Fsp3) is 0.458. The highest BCUT2D eigenvalue weighted by Crippen LogP contribution is 2.32. The summed E-state index contributed by atoms with van der Waals surface area (Å²) in [4.78, 5) is 11.9. The Hall–Kier alpha value is -2.53. The molecule has 0 unspecified atom stereocenters. The highest BCUT2D eigenvalue weighted by Gasteiger charge is 2.46. The van der Waals surface area contributed by atoms with Crippen molar-refractivity contribution < 1.29 is 32.6 Å². The standard InChI is InChI=1S/C24H31FN2O6S/c1-2-3-13-26-17-24(30)12-14-27(22(15-24)23(28)29)34(31,32)21-10-8-20(9-11-21)33-16-18-4-6-19(25)7-5-18/h4-11,22,26,30H,2-3,12-17H2,1H3,(H,28,29)/t22-,24+/m1/s1. The average molecular weight is 495 g/mol. The van der Waals surface area contributed by atoms with Crippen molar-refractivity contribution in [3.05, 3.63) is 59.9 Å². The molecule has 1 saturated heterocycles. The first-order chi connectivity index (χ1) is 16.1. The summed E-state index contributed by atoms with van der Waals surface area (Å²) in [5.74, 6) is -1.22. The van der Waals surface area contributed by atoms with E-state index in [4.69, 9.17) is 4.74 Å². The number of piperidine rings is 1. The van der Waals surface area contributed by atoms with Crippen LogP contribution in [0.15, 0.2) is 53.4 Å². The summed E-state index contributed by atoms with van der Waals surface area (Å²) in [5, 5.41) is 23.7. The summed E-state index contributed by atoms with van der Waals surface area (Å²) in [6, 6.07) is 10.2. The lowest BCUT2D eigenvalue weighted by Gasteiger charge is -2.41. The zero-order valence-corrected chi connectivity index (χ0v) is 19.9. The van der Waals surface area contributed by atoms with Gasteiger partial charge in [0.25, 0.3) is 0 Å². The molecule has 0 spiro atoms. The molecule has 3 N–H and O–H groups in total. The van der Waals surface area contributed by atoms with E-state index in [-0.39, 0.29) is 43.3 Å². The first-order valence-corrected chi connectivity index (χ1v) is 12.7. The molecular formula is C24H31FN2O6S. The largest absolute Gasteiger partial charge is 0.489 e. The van der Waals surface area contributed by atoms with Gasteiger partial charge < -0.3 is 20.3 Å². The lowest BCUT2D eigenvalue weighted by atomic mass is 9.87. The van der Waals surface area contributed by atoms with E-state index in [9.17, 15) is 27.8 Å². The maximum atomic E-state index is 13.2. The van der Waals surface area contributed by atoms with Crippen molar-refractivity contribution in [3.8, 4) is 5.75 Å². The summed E-state index contributed by atoms with van der Waals surface area (Å²) in [6.45, 7) is 3.04. The van der Waals surface area contributed by atoms with Gasteiger partial charge in [-0.3, -0.25) is 4.79 Å². The maximum Gasteiger partial charge on any atom is 0.322 e. The minimum Gasteiger partial charge on any atom is -0.489 e. The molecule has 0 aliphatic carbocycles. The van der Waals surface area contributed by atoms with E-state index in [0.717, 1.165) is 22.7 Å². The highest BCUT2D eigenvalue weighted by molar-refractivity contribution is 7.89. The van der Waals surface area contributed by atoms with Crippen LogP contribution in [0.2, 0.25) is 0 Å². The number of carboxylic acids is 1. The Bertz CT molecular complexity index is 1060. The second-order valence-electron chi connectivity index (χ2n) is 8.57. The Morgan fingerprint density at radius 1 is 1.21 bits per heavy atom. The average Bonchev–Trinajstić information content (AvgIpc) is 2.81. The number of unbranched alkanes of at least 4 members (excludes halogenated alkanes) is 1. The van der Waals surface area contributed by atoms with Crippen LogP contribution in [-0.4, -0.2) is 60.2 Å². The zero-order chi connectivity index (χ0) is 24.8. The van der Waals surface area contributed by atoms with Crippen LogP contribution in [0.4, 0.5) is 4.39 Å². The van der Waals surface area contributed by atoms with Gasteiger partial charge >= 0.3 is 5.97 Å². The molecule has 1 aliphatic heterocycles. The number of benzene rings is 2. The Balaban J connectivity index is 1.67. The molecule has 186 valence electrons. The summed E-state index contributed by atoms with van der Waals surface area (Å²) in [6.07, 6.45) is 1.86. The lowest BCUT2D eigenvalue weighted by molar-refractivity contribution is -0.146. The van der Waals surface area contributed by atoms with Crippen molar-refractivity contribution in [1.29, 1.82) is 0 Å². The van der Waals surface area contributed by atoms with Crippen molar-refractivity contribution in [2.24, 2.45) is 0 Å². The van der Waals surface area contributed by atoms with Crippen LogP contribution in [0.25, 0.3) is 0 Å². The van der Waals surface area contributed by atoms with Crippen molar-refractivity contribution in [1.82, 2.24) is 9.62 Å². The van der Waals surface area contributed by atoms with Gasteiger partial charge in [-0.1, -0.05) is 25.5 Å². The van der Waals surface area contributed by atoms with Crippen molar-refractivity contribution >= 4 is 16.0 Å². The molecule has 0 amide bonds. The molecule has 3 rings (SSSR count). The minimum atomic E-state index is -4.10. The van der Waals surface area contributed by atoms with Gasteiger partial charge in [-0.2, -0.15) is 4.31 Å². The number of aliphatic hydroxyl groups is 1. The van der Waals surface area contributed by atoms with Gasteiger partial charge in [-0.25, -0.2) is 12.8 Å². The van der Waals surface area contributed by atoms with Gasteiger partial charge in [-0.15, -0.1) is 0 Å². The number of hydrogen-bond donors (Lipinski definition) is 3. The SMILES string of the molecule is CCCCNC[C@]1(O)CCN(S(=O)(=O)c2ccc(OCc3ccc(F)cc3)cc2)[C@@H](C(=O)O)C1. The molecule has 0 bridgehead atoms. The maximum absolute atomic E-state index is 13.2. The van der Waals surface area contributed by atoms with Crippen LogP contribution in [0.1, 0.15) is 38.2 Å². The summed E-state index contributed by atoms with van der Waals surface area (Å²) in [7, 11) is -4.10. The monoisotopic (exact) mass is 494 g/mol. The summed E-state index contributed by atoms with van der Waals surface area (Å²) < 4.78 is 46.0. The number of carbonyl (C=O) groups is 1. The number of nitrogens with zero attached hydrogens (tertiary/aromatic N) is 1. The van der Waals surface area contributed by atoms with E-state index in [2.05, 4.69) is 5.32 Å². The molecule has 2 atom stereocenters. The number of hydrogen-bond acceptors (Lipinski definition) is 6. The number of carboxylic acid groups (broad SMARTS) is 1. The van der Waals surface area contributed by atoms with E-state index >= 15 is 0 Å². The summed E-state index contributed by atoms with van der Waals surface area (Å²) in [5.41, 5.74) is -0.534. The Kier molecular flexibility index (Phi) is 8.64. The van der Waals surface area contributed by atoms with Gasteiger partial charge in [0.2, 0.25) is 10.0 Å². The molecular weight excluding hydrogens is 463 g/mol. The van der Waals surface area contributed by atoms with Gasteiger partial charge in [0.15, 0.2) is 0 Å². The molecule has 34 heavy (non-hydrogen) atoms. The predicted molar refractivity (Wildman–Crippen MR) is 124 cm³/mol. The van der Waals surface area contributed by atoms with E-state index in [1.807, 2.05) is 6.92 Å². The van der Waals surface area contributed by atoms with Gasteiger partial charge in [-0.05, 0) is 61.3 Å². The van der Waals surface area contributed by atoms with Crippen LogP contribution in [-0.2, 0) is 21.4 Å². The Morgan fingerprint density at radius 3 is 2.50 bits per heavy atom. The molecule has 0 saturated carbocycles. The first kappa shape index (κ1) is 26.1. The molecule has 2 aromatic rings. The van der Waals surface area contributed by atoms with Gasteiger partial charge in [0, 0.05) is 19.5 Å². The van der Waals surface area contributed by atoms with E-state index < -0.39 is 27.6 Å². The molecule has 1 heterocycles. The van der Waals surface area contributed by atoms with Crippen LogP contribution < -0.4 is 10.1 Å². The molecule has 10 heteroatoms. The smallest absolute Gasteiger partial charge is 0.322 e. The van der Waals surface area contributed by atoms with E-state index in [0.29, 0.717) is 12.3 Å². The second kappa shape index (κ2) is 11.3. The molecule has 1 fully saturated rings. The number of rotatable bonds is 11. The number of sulfonamides is 1. The van der Waals surface area contributed by atoms with Crippen LogP contribution >= 0.6 is 0 Å². The molecule has 2 aromatic carbocycles. The second-order valence-corrected chi connectivity index (χ2v) is 10.5. The number of halogens is 1. The van der Waals surface area contributed by atoms with Gasteiger partial charge in [0.05, 0.1) is 10.5 Å². The predicted octanol–water partition coefficient (Wildman–Crippen LogP) is 2.76. The third-order valence-electron chi connectivity index (χ3n) is 5.91. The van der Waals surface area contributed by atoms with E-state index in [1.54, 1.807) is 12.1 Å².